The second-order valence-electron chi connectivity index (χ2n) is 4.61. The molecule has 0 amide bonds. The summed E-state index contributed by atoms with van der Waals surface area (Å²) in [5.74, 6) is 0.947. The van der Waals surface area contributed by atoms with Gasteiger partial charge in [-0.1, -0.05) is 24.3 Å². The summed E-state index contributed by atoms with van der Waals surface area (Å²) in [6.07, 6.45) is 0. The van der Waals surface area contributed by atoms with Gasteiger partial charge >= 0.3 is 0 Å². The summed E-state index contributed by atoms with van der Waals surface area (Å²) >= 11 is 3.33. The van der Waals surface area contributed by atoms with Gasteiger partial charge in [0.1, 0.15) is 5.76 Å². The van der Waals surface area contributed by atoms with Gasteiger partial charge in [0.05, 0.1) is 6.04 Å². The maximum atomic E-state index is 5.57. The second-order valence-corrected chi connectivity index (χ2v) is 5.39. The zero-order chi connectivity index (χ0) is 13.1. The highest BCUT2D eigenvalue weighted by atomic mass is 79.9. The Balaban J connectivity index is 2.08. The molecule has 1 heterocycles. The van der Waals surface area contributed by atoms with Crippen molar-refractivity contribution in [1.29, 1.82) is 0 Å². The van der Waals surface area contributed by atoms with Crippen LogP contribution >= 0.6 is 15.9 Å². The lowest BCUT2D eigenvalue weighted by molar-refractivity contribution is 0.393. The Hall–Kier alpha value is -1.06. The molecule has 3 heteroatoms. The summed E-state index contributed by atoms with van der Waals surface area (Å²) in [5, 5.41) is 3.55. The van der Waals surface area contributed by atoms with E-state index < -0.39 is 0 Å². The van der Waals surface area contributed by atoms with E-state index in [4.69, 9.17) is 4.42 Å². The van der Waals surface area contributed by atoms with Crippen molar-refractivity contribution in [3.8, 4) is 0 Å². The van der Waals surface area contributed by atoms with Crippen molar-refractivity contribution in [3.05, 3.63) is 58.0 Å². The number of hydrogen-bond donors (Lipinski definition) is 1. The predicted molar refractivity (Wildman–Crippen MR) is 77.6 cm³/mol. The molecule has 0 spiro atoms. The summed E-state index contributed by atoms with van der Waals surface area (Å²) in [4.78, 5) is 0. The van der Waals surface area contributed by atoms with E-state index in [9.17, 15) is 0 Å². The average Bonchev–Trinajstić information content (AvgIpc) is 2.76. The van der Waals surface area contributed by atoms with E-state index in [2.05, 4.69) is 66.3 Å². The highest BCUT2D eigenvalue weighted by Gasteiger charge is 2.14. The van der Waals surface area contributed by atoms with Gasteiger partial charge in [-0.2, -0.15) is 0 Å². The zero-order valence-electron chi connectivity index (χ0n) is 10.9. The molecule has 1 aromatic heterocycles. The van der Waals surface area contributed by atoms with Crippen LogP contribution < -0.4 is 5.32 Å². The molecule has 0 aliphatic carbocycles. The van der Waals surface area contributed by atoms with E-state index in [1.54, 1.807) is 0 Å². The lowest BCUT2D eigenvalue weighted by atomic mass is 10.0. The van der Waals surface area contributed by atoms with E-state index in [0.29, 0.717) is 6.04 Å². The van der Waals surface area contributed by atoms with Gasteiger partial charge in [0.2, 0.25) is 0 Å². The van der Waals surface area contributed by atoms with Crippen molar-refractivity contribution in [2.75, 3.05) is 0 Å². The van der Waals surface area contributed by atoms with Gasteiger partial charge in [-0.3, -0.25) is 0 Å². The maximum absolute atomic E-state index is 5.57. The fraction of sp³-hybridized carbons (Fsp3) is 0.333. The van der Waals surface area contributed by atoms with Gasteiger partial charge < -0.3 is 9.73 Å². The van der Waals surface area contributed by atoms with Crippen molar-refractivity contribution >= 4 is 15.9 Å². The van der Waals surface area contributed by atoms with Crippen LogP contribution in [-0.2, 0) is 0 Å². The third-order valence-corrected chi connectivity index (χ3v) is 3.60. The van der Waals surface area contributed by atoms with E-state index in [1.807, 2.05) is 12.1 Å². The Morgan fingerprint density at radius 1 is 1.06 bits per heavy atom. The first-order valence-electron chi connectivity index (χ1n) is 6.14. The zero-order valence-corrected chi connectivity index (χ0v) is 12.5. The molecule has 1 aromatic carbocycles. The van der Waals surface area contributed by atoms with Crippen LogP contribution in [0.3, 0.4) is 0 Å². The highest BCUT2D eigenvalue weighted by molar-refractivity contribution is 9.10. The van der Waals surface area contributed by atoms with E-state index in [0.717, 1.165) is 10.4 Å². The van der Waals surface area contributed by atoms with Crippen LogP contribution in [0.4, 0.5) is 0 Å². The van der Waals surface area contributed by atoms with Gasteiger partial charge in [-0.25, -0.2) is 0 Å². The fourth-order valence-electron chi connectivity index (χ4n) is 2.18. The largest absolute Gasteiger partial charge is 0.453 e. The fourth-order valence-corrected chi connectivity index (χ4v) is 2.50. The van der Waals surface area contributed by atoms with E-state index in [-0.39, 0.29) is 6.04 Å². The lowest BCUT2D eigenvalue weighted by Gasteiger charge is -2.20. The number of aryl methyl sites for hydroxylation is 1. The number of furan rings is 1. The van der Waals surface area contributed by atoms with Crippen LogP contribution in [0.5, 0.6) is 0 Å². The van der Waals surface area contributed by atoms with Gasteiger partial charge in [0, 0.05) is 6.04 Å². The smallest absolute Gasteiger partial charge is 0.169 e. The number of benzene rings is 1. The van der Waals surface area contributed by atoms with Crippen molar-refractivity contribution in [2.24, 2.45) is 0 Å². The quantitative estimate of drug-likeness (QED) is 0.880. The number of rotatable bonds is 4. The molecule has 2 rings (SSSR count). The Labute approximate surface area is 117 Å². The molecule has 18 heavy (non-hydrogen) atoms. The molecule has 0 saturated heterocycles. The number of halogens is 1. The number of hydrogen-bond acceptors (Lipinski definition) is 2. The van der Waals surface area contributed by atoms with E-state index in [1.165, 1.54) is 11.1 Å². The molecule has 2 atom stereocenters. The van der Waals surface area contributed by atoms with Gasteiger partial charge in [0.25, 0.3) is 0 Å². The van der Waals surface area contributed by atoms with Crippen molar-refractivity contribution in [1.82, 2.24) is 5.32 Å². The summed E-state index contributed by atoms with van der Waals surface area (Å²) in [5.41, 5.74) is 2.64. The Morgan fingerprint density at radius 2 is 1.78 bits per heavy atom. The molecule has 2 aromatic rings. The van der Waals surface area contributed by atoms with E-state index >= 15 is 0 Å². The summed E-state index contributed by atoms with van der Waals surface area (Å²) in [7, 11) is 0. The third kappa shape index (κ3) is 3.03. The summed E-state index contributed by atoms with van der Waals surface area (Å²) in [6, 6.07) is 12.8. The first-order valence-corrected chi connectivity index (χ1v) is 6.94. The number of nitrogens with one attached hydrogen (secondary N) is 1. The first-order chi connectivity index (χ1) is 8.58. The van der Waals surface area contributed by atoms with Crippen molar-refractivity contribution < 1.29 is 4.42 Å². The minimum absolute atomic E-state index is 0.186. The first kappa shape index (κ1) is 13.4. The third-order valence-electron chi connectivity index (χ3n) is 3.18. The monoisotopic (exact) mass is 307 g/mol. The van der Waals surface area contributed by atoms with Crippen LogP contribution in [-0.4, -0.2) is 0 Å². The molecule has 0 fully saturated rings. The molecule has 1 N–H and O–H groups in total. The van der Waals surface area contributed by atoms with Crippen LogP contribution in [0.25, 0.3) is 0 Å². The van der Waals surface area contributed by atoms with Crippen LogP contribution in [0.2, 0.25) is 0 Å². The molecule has 96 valence electrons. The normalized spacial score (nSPS) is 14.4. The molecule has 0 radical (unpaired) electrons. The summed E-state index contributed by atoms with van der Waals surface area (Å²) in [6.45, 7) is 6.43. The summed E-state index contributed by atoms with van der Waals surface area (Å²) < 4.78 is 6.34. The second kappa shape index (κ2) is 5.72. The Bertz CT molecular complexity index is 521. The van der Waals surface area contributed by atoms with Gasteiger partial charge in [-0.05, 0) is 60.0 Å². The van der Waals surface area contributed by atoms with Crippen LogP contribution in [0, 0.1) is 6.92 Å². The van der Waals surface area contributed by atoms with Gasteiger partial charge in [-0.15, -0.1) is 0 Å². The lowest BCUT2D eigenvalue weighted by Crippen LogP contribution is -2.22. The minimum Gasteiger partial charge on any atom is -0.453 e. The SMILES string of the molecule is Cc1ccccc1[C@H](C)NC(C)c1ccc(Br)o1. The molecule has 1 unspecified atom stereocenters. The van der Waals surface area contributed by atoms with Gasteiger partial charge in [0.15, 0.2) is 4.67 Å². The molecule has 0 aliphatic heterocycles. The van der Waals surface area contributed by atoms with Crippen LogP contribution in [0.1, 0.15) is 42.8 Å². The molecule has 0 saturated carbocycles. The minimum atomic E-state index is 0.186. The van der Waals surface area contributed by atoms with Crippen molar-refractivity contribution in [2.45, 2.75) is 32.9 Å². The predicted octanol–water partition coefficient (Wildman–Crippen LogP) is 4.76. The Morgan fingerprint density at radius 3 is 2.39 bits per heavy atom. The maximum Gasteiger partial charge on any atom is 0.169 e. The van der Waals surface area contributed by atoms with Crippen LogP contribution in [0.15, 0.2) is 45.5 Å². The average molecular weight is 308 g/mol. The highest BCUT2D eigenvalue weighted by Crippen LogP contribution is 2.24. The molecule has 2 nitrogen and oxygen atoms in total. The van der Waals surface area contributed by atoms with Crippen molar-refractivity contribution in [3.63, 3.8) is 0 Å². The molecular weight excluding hydrogens is 290 g/mol. The standard InChI is InChI=1S/C15H18BrNO/c1-10-6-4-5-7-13(10)11(2)17-12(3)14-8-9-15(16)18-14/h4-9,11-12,17H,1-3H3/t11-,12?/m0/s1. The molecule has 0 bridgehead atoms. The Kier molecular flexibility index (Phi) is 4.25. The molecular formula is C15H18BrNO. The topological polar surface area (TPSA) is 25.2 Å². The molecule has 0 aliphatic rings.